The SMILES string of the molecule is P.c1ccc(C[P+](c2ccccc2)(c2ccccc2)c2ccccc2)cc1. The maximum Gasteiger partial charge on any atom is 0.116 e. The van der Waals surface area contributed by atoms with Crippen LogP contribution in [0.1, 0.15) is 5.56 Å². The summed E-state index contributed by atoms with van der Waals surface area (Å²) in [7, 11) is -1.78. The highest BCUT2D eigenvalue weighted by atomic mass is 31.2. The van der Waals surface area contributed by atoms with Gasteiger partial charge in [-0.05, 0) is 42.0 Å². The molecule has 0 radical (unpaired) electrons. The highest BCUT2D eigenvalue weighted by Gasteiger charge is 2.45. The van der Waals surface area contributed by atoms with Crippen molar-refractivity contribution in [1.82, 2.24) is 0 Å². The zero-order chi connectivity index (χ0) is 17.7. The first kappa shape index (κ1) is 19.5. The zero-order valence-electron chi connectivity index (χ0n) is 15.4. The van der Waals surface area contributed by atoms with Crippen molar-refractivity contribution in [3.05, 3.63) is 127 Å². The summed E-state index contributed by atoms with van der Waals surface area (Å²) in [5, 5.41) is 4.30. The van der Waals surface area contributed by atoms with Crippen LogP contribution in [0.3, 0.4) is 0 Å². The Morgan fingerprint density at radius 3 is 1.04 bits per heavy atom. The Morgan fingerprint density at radius 1 is 0.407 bits per heavy atom. The second-order valence-electron chi connectivity index (χ2n) is 6.46. The number of benzene rings is 4. The molecular weight excluding hydrogens is 362 g/mol. The summed E-state index contributed by atoms with van der Waals surface area (Å²) in [6.45, 7) is 0. The minimum Gasteiger partial charge on any atom is -0.153 e. The molecule has 0 nitrogen and oxygen atoms in total. The Kier molecular flexibility index (Phi) is 6.57. The van der Waals surface area contributed by atoms with Crippen molar-refractivity contribution in [3.8, 4) is 0 Å². The predicted octanol–water partition coefficient (Wildman–Crippen LogP) is 5.24. The smallest absolute Gasteiger partial charge is 0.116 e. The van der Waals surface area contributed by atoms with E-state index >= 15 is 0 Å². The number of hydrogen-bond donors (Lipinski definition) is 0. The predicted molar refractivity (Wildman–Crippen MR) is 126 cm³/mol. The Hall–Kier alpha value is -2.26. The fraction of sp³-hybridized carbons (Fsp3) is 0.0400. The van der Waals surface area contributed by atoms with Crippen LogP contribution in [0.15, 0.2) is 121 Å². The Labute approximate surface area is 166 Å². The molecule has 27 heavy (non-hydrogen) atoms. The number of rotatable bonds is 5. The van der Waals surface area contributed by atoms with E-state index in [1.54, 1.807) is 0 Å². The van der Waals surface area contributed by atoms with Crippen molar-refractivity contribution in [2.75, 3.05) is 0 Å². The molecule has 0 spiro atoms. The summed E-state index contributed by atoms with van der Waals surface area (Å²) in [4.78, 5) is 0. The van der Waals surface area contributed by atoms with Crippen molar-refractivity contribution in [1.29, 1.82) is 0 Å². The summed E-state index contributed by atoms with van der Waals surface area (Å²) in [6.07, 6.45) is 1.03. The van der Waals surface area contributed by atoms with Gasteiger partial charge in [-0.15, -0.1) is 0 Å². The van der Waals surface area contributed by atoms with Gasteiger partial charge in [0.25, 0.3) is 0 Å². The van der Waals surface area contributed by atoms with Crippen molar-refractivity contribution < 1.29 is 0 Å². The lowest BCUT2D eigenvalue weighted by molar-refractivity contribution is 1.39. The second-order valence-corrected chi connectivity index (χ2v) is 9.95. The van der Waals surface area contributed by atoms with Crippen LogP contribution in [0.2, 0.25) is 0 Å². The monoisotopic (exact) mass is 387 g/mol. The summed E-state index contributed by atoms with van der Waals surface area (Å²) in [5.74, 6) is 0. The van der Waals surface area contributed by atoms with Crippen LogP contribution in [0, 0.1) is 0 Å². The fourth-order valence-corrected chi connectivity index (χ4v) is 7.87. The molecule has 0 saturated carbocycles. The van der Waals surface area contributed by atoms with Crippen LogP contribution in [0.4, 0.5) is 0 Å². The molecule has 134 valence electrons. The normalized spacial score (nSPS) is 10.8. The molecule has 0 N–H and O–H groups in total. The minimum atomic E-state index is -1.78. The lowest BCUT2D eigenvalue weighted by Crippen LogP contribution is -2.32. The van der Waals surface area contributed by atoms with E-state index in [-0.39, 0.29) is 9.90 Å². The van der Waals surface area contributed by atoms with Gasteiger partial charge < -0.3 is 0 Å². The van der Waals surface area contributed by atoms with E-state index in [1.807, 2.05) is 0 Å². The van der Waals surface area contributed by atoms with Gasteiger partial charge in [-0.1, -0.05) is 84.9 Å². The molecular formula is C25H25P2+. The summed E-state index contributed by atoms with van der Waals surface area (Å²) >= 11 is 0. The van der Waals surface area contributed by atoms with Crippen molar-refractivity contribution in [2.45, 2.75) is 6.16 Å². The third-order valence-electron chi connectivity index (χ3n) is 4.85. The van der Waals surface area contributed by atoms with Gasteiger partial charge in [-0.3, -0.25) is 0 Å². The van der Waals surface area contributed by atoms with E-state index in [4.69, 9.17) is 0 Å². The average molecular weight is 387 g/mol. The highest BCUT2D eigenvalue weighted by Crippen LogP contribution is 2.58. The molecule has 4 aromatic rings. The van der Waals surface area contributed by atoms with Gasteiger partial charge in [-0.25, -0.2) is 0 Å². The van der Waals surface area contributed by atoms with E-state index in [0.29, 0.717) is 0 Å². The molecule has 2 heteroatoms. The van der Waals surface area contributed by atoms with Crippen molar-refractivity contribution in [2.24, 2.45) is 0 Å². The highest BCUT2D eigenvalue weighted by molar-refractivity contribution is 7.95. The third-order valence-corrected chi connectivity index (χ3v) is 9.23. The molecule has 0 aliphatic heterocycles. The van der Waals surface area contributed by atoms with Gasteiger partial charge in [0.2, 0.25) is 0 Å². The molecule has 1 atom stereocenters. The van der Waals surface area contributed by atoms with E-state index in [0.717, 1.165) is 6.16 Å². The standard InChI is InChI=1S/C25H22P.H3P/c1-5-13-22(14-6-1)21-26(23-15-7-2-8-16-23,24-17-9-3-10-18-24)25-19-11-4-12-20-25;/h1-20H,21H2;1H3/q+1;. The van der Waals surface area contributed by atoms with Gasteiger partial charge in [0, 0.05) is 0 Å². The van der Waals surface area contributed by atoms with Crippen LogP contribution in [-0.4, -0.2) is 0 Å². The molecule has 0 heterocycles. The molecule has 1 unspecified atom stereocenters. The first-order valence-corrected chi connectivity index (χ1v) is 11.0. The van der Waals surface area contributed by atoms with Gasteiger partial charge in [-0.2, -0.15) is 9.90 Å². The van der Waals surface area contributed by atoms with Crippen LogP contribution in [-0.2, 0) is 6.16 Å². The third kappa shape index (κ3) is 4.03. The molecule has 0 amide bonds. The van der Waals surface area contributed by atoms with E-state index < -0.39 is 7.26 Å². The van der Waals surface area contributed by atoms with E-state index in [2.05, 4.69) is 121 Å². The zero-order valence-corrected chi connectivity index (χ0v) is 17.7. The minimum absolute atomic E-state index is 0. The van der Waals surface area contributed by atoms with Crippen LogP contribution in [0.5, 0.6) is 0 Å². The van der Waals surface area contributed by atoms with Crippen molar-refractivity contribution >= 4 is 33.1 Å². The summed E-state index contributed by atoms with van der Waals surface area (Å²) < 4.78 is 0. The van der Waals surface area contributed by atoms with Gasteiger partial charge in [0.1, 0.15) is 23.2 Å². The molecule has 0 saturated heterocycles. The maximum atomic E-state index is 2.30. The summed E-state index contributed by atoms with van der Waals surface area (Å²) in [5.41, 5.74) is 1.39. The van der Waals surface area contributed by atoms with E-state index in [9.17, 15) is 0 Å². The topological polar surface area (TPSA) is 0 Å². The lowest BCUT2D eigenvalue weighted by Gasteiger charge is -2.27. The summed E-state index contributed by atoms with van der Waals surface area (Å²) in [6, 6.07) is 44.0. The first-order valence-electron chi connectivity index (χ1n) is 8.98. The Morgan fingerprint density at radius 2 is 0.704 bits per heavy atom. The van der Waals surface area contributed by atoms with Crippen molar-refractivity contribution in [3.63, 3.8) is 0 Å². The van der Waals surface area contributed by atoms with Crippen LogP contribution < -0.4 is 15.9 Å². The second kappa shape index (κ2) is 9.09. The molecule has 0 aliphatic carbocycles. The largest absolute Gasteiger partial charge is 0.153 e. The molecule has 4 rings (SSSR count). The van der Waals surface area contributed by atoms with Gasteiger partial charge >= 0.3 is 0 Å². The van der Waals surface area contributed by atoms with Crippen LogP contribution >= 0.6 is 17.2 Å². The maximum absolute atomic E-state index is 2.30. The van der Waals surface area contributed by atoms with Crippen LogP contribution in [0.25, 0.3) is 0 Å². The molecule has 4 aromatic carbocycles. The number of hydrogen-bond acceptors (Lipinski definition) is 0. The molecule has 0 bridgehead atoms. The van der Waals surface area contributed by atoms with Gasteiger partial charge in [0.05, 0.1) is 6.16 Å². The Balaban J connectivity index is 0.00000210. The first-order chi connectivity index (χ1) is 12.9. The average Bonchev–Trinajstić information content (AvgIpc) is 2.75. The van der Waals surface area contributed by atoms with Gasteiger partial charge in [0.15, 0.2) is 0 Å². The molecule has 0 aromatic heterocycles. The lowest BCUT2D eigenvalue weighted by atomic mass is 10.2. The quantitative estimate of drug-likeness (QED) is 0.411. The molecule has 0 fully saturated rings. The Bertz CT molecular complexity index is 840. The fourth-order valence-electron chi connectivity index (χ4n) is 3.63. The van der Waals surface area contributed by atoms with E-state index in [1.165, 1.54) is 21.5 Å². The molecule has 0 aliphatic rings.